The fourth-order valence-corrected chi connectivity index (χ4v) is 7.90. The molecule has 7 aromatic rings. The van der Waals surface area contributed by atoms with Gasteiger partial charge in [0.25, 0.3) is 0 Å². The van der Waals surface area contributed by atoms with E-state index in [9.17, 15) is 4.79 Å². The van der Waals surface area contributed by atoms with Crippen LogP contribution in [0.5, 0.6) is 0 Å². The van der Waals surface area contributed by atoms with Gasteiger partial charge in [-0.1, -0.05) is 61.5 Å². The predicted molar refractivity (Wildman–Crippen MR) is 176 cm³/mol. The molecule has 4 heteroatoms. The molecular formula is C37H25NOS2. The van der Waals surface area contributed by atoms with Crippen molar-refractivity contribution in [2.24, 2.45) is 0 Å². The molecular weight excluding hydrogens is 539 g/mol. The van der Waals surface area contributed by atoms with Gasteiger partial charge in [0.05, 0.1) is 15.9 Å². The fraction of sp³-hybridized carbons (Fsp3) is 0.0541. The second-order valence-electron chi connectivity index (χ2n) is 10.6. The summed E-state index contributed by atoms with van der Waals surface area (Å²) in [6.07, 6.45) is 5.12. The van der Waals surface area contributed by atoms with E-state index in [1.807, 2.05) is 12.1 Å². The lowest BCUT2D eigenvalue weighted by atomic mass is 9.99. The molecule has 0 fully saturated rings. The summed E-state index contributed by atoms with van der Waals surface area (Å²) in [5, 5.41) is 2.53. The molecule has 8 rings (SSSR count). The number of aromatic nitrogens is 1. The van der Waals surface area contributed by atoms with Crippen molar-refractivity contribution in [2.75, 3.05) is 0 Å². The number of carbonyl (C=O) groups is 1. The maximum atomic E-state index is 11.0. The van der Waals surface area contributed by atoms with E-state index in [0.29, 0.717) is 5.92 Å². The Hall–Kier alpha value is -4.51. The van der Waals surface area contributed by atoms with Crippen LogP contribution in [0.2, 0.25) is 0 Å². The normalized spacial score (nSPS) is 14.2. The van der Waals surface area contributed by atoms with Gasteiger partial charge in [0.1, 0.15) is 0 Å². The van der Waals surface area contributed by atoms with Crippen LogP contribution >= 0.6 is 22.7 Å². The van der Waals surface area contributed by atoms with Crippen molar-refractivity contribution in [3.05, 3.63) is 135 Å². The van der Waals surface area contributed by atoms with Gasteiger partial charge in [0, 0.05) is 37.0 Å². The average Bonchev–Trinajstić information content (AvgIpc) is 3.80. The summed E-state index contributed by atoms with van der Waals surface area (Å²) < 4.78 is 2.42. The number of para-hydroxylation sites is 1. The lowest BCUT2D eigenvalue weighted by Crippen LogP contribution is -1.96. The largest absolute Gasteiger partial charge is 0.309 e. The van der Waals surface area contributed by atoms with E-state index >= 15 is 0 Å². The summed E-state index contributed by atoms with van der Waals surface area (Å²) in [7, 11) is 0. The molecule has 2 nitrogen and oxygen atoms in total. The van der Waals surface area contributed by atoms with Crippen LogP contribution in [-0.2, 0) is 0 Å². The van der Waals surface area contributed by atoms with Gasteiger partial charge in [-0.25, -0.2) is 0 Å². The first-order valence-electron chi connectivity index (χ1n) is 13.8. The predicted octanol–water partition coefficient (Wildman–Crippen LogP) is 10.7. The van der Waals surface area contributed by atoms with Crippen LogP contribution in [-0.4, -0.2) is 10.9 Å². The number of thiophene rings is 2. The molecule has 3 aromatic heterocycles. The van der Waals surface area contributed by atoms with E-state index in [0.717, 1.165) is 16.0 Å². The van der Waals surface area contributed by atoms with Crippen LogP contribution in [0.3, 0.4) is 0 Å². The van der Waals surface area contributed by atoms with Gasteiger partial charge >= 0.3 is 0 Å². The lowest BCUT2D eigenvalue weighted by molar-refractivity contribution is 0.112. The molecule has 1 aliphatic carbocycles. The summed E-state index contributed by atoms with van der Waals surface area (Å²) in [6.45, 7) is 2.32. The molecule has 0 radical (unpaired) electrons. The Morgan fingerprint density at radius 2 is 1.37 bits per heavy atom. The topological polar surface area (TPSA) is 22.0 Å². The van der Waals surface area contributed by atoms with Crippen molar-refractivity contribution in [3.8, 4) is 27.3 Å². The molecule has 1 atom stereocenters. The molecule has 0 saturated heterocycles. The Balaban J connectivity index is 1.20. The van der Waals surface area contributed by atoms with Crippen LogP contribution in [0.25, 0.3) is 61.2 Å². The molecule has 0 amide bonds. The third-order valence-corrected chi connectivity index (χ3v) is 10.3. The smallest absolute Gasteiger partial charge is 0.160 e. The second kappa shape index (κ2) is 9.55. The standard InChI is InChI=1S/C37H25NOS2/c1-23-29-6-2-3-7-30(29)31-17-11-25(21-33(23)31)38-35-9-5-4-8-32(35)34-20-24(10-18-36(34)38)37-19-16-27(41-37)13-12-26-14-15-28(22-39)40-26/h2-23H,1H3/b13-12+. The monoisotopic (exact) mass is 563 g/mol. The SMILES string of the molecule is CC1c2ccccc2-c2ccc(-n3c4ccccc4c4cc(-c5ccc(/C=C/c6ccc(C=O)s6)s5)ccc43)cc21. The lowest BCUT2D eigenvalue weighted by Gasteiger charge is -2.12. The summed E-state index contributed by atoms with van der Waals surface area (Å²) in [4.78, 5) is 15.3. The molecule has 0 N–H and O–H groups in total. The van der Waals surface area contributed by atoms with E-state index in [2.05, 4.69) is 121 Å². The summed E-state index contributed by atoms with van der Waals surface area (Å²) in [6, 6.07) is 39.6. The molecule has 41 heavy (non-hydrogen) atoms. The first-order valence-corrected chi connectivity index (χ1v) is 15.4. The van der Waals surface area contributed by atoms with Gasteiger partial charge < -0.3 is 4.57 Å². The van der Waals surface area contributed by atoms with Crippen molar-refractivity contribution in [3.63, 3.8) is 0 Å². The number of nitrogens with zero attached hydrogens (tertiary/aromatic N) is 1. The van der Waals surface area contributed by atoms with Gasteiger partial charge in [-0.05, 0) is 94.6 Å². The minimum Gasteiger partial charge on any atom is -0.309 e. The molecule has 3 heterocycles. The first kappa shape index (κ1) is 24.3. The highest BCUT2D eigenvalue weighted by molar-refractivity contribution is 7.16. The van der Waals surface area contributed by atoms with Crippen LogP contribution in [0.15, 0.2) is 109 Å². The minimum absolute atomic E-state index is 0.384. The number of hydrogen-bond donors (Lipinski definition) is 0. The summed E-state index contributed by atoms with van der Waals surface area (Å²) >= 11 is 3.29. The maximum absolute atomic E-state index is 11.0. The van der Waals surface area contributed by atoms with Gasteiger partial charge in [0.15, 0.2) is 6.29 Å². The number of aldehydes is 1. The fourth-order valence-electron chi connectivity index (χ4n) is 6.27. The number of fused-ring (bicyclic) bond motifs is 6. The Morgan fingerprint density at radius 3 is 2.24 bits per heavy atom. The van der Waals surface area contributed by atoms with Crippen molar-refractivity contribution in [1.29, 1.82) is 0 Å². The van der Waals surface area contributed by atoms with Gasteiger partial charge in [-0.3, -0.25) is 4.79 Å². The van der Waals surface area contributed by atoms with Crippen molar-refractivity contribution in [2.45, 2.75) is 12.8 Å². The van der Waals surface area contributed by atoms with E-state index < -0.39 is 0 Å². The zero-order chi connectivity index (χ0) is 27.5. The van der Waals surface area contributed by atoms with E-state index in [-0.39, 0.29) is 0 Å². The highest BCUT2D eigenvalue weighted by Gasteiger charge is 2.25. The molecule has 0 spiro atoms. The molecule has 4 aromatic carbocycles. The maximum Gasteiger partial charge on any atom is 0.160 e. The number of rotatable bonds is 5. The highest BCUT2D eigenvalue weighted by Crippen LogP contribution is 2.46. The van der Waals surface area contributed by atoms with Crippen molar-refractivity contribution >= 4 is 62.9 Å². The summed E-state index contributed by atoms with van der Waals surface area (Å²) in [5.74, 6) is 0.384. The van der Waals surface area contributed by atoms with E-state index in [4.69, 9.17) is 0 Å². The molecule has 196 valence electrons. The zero-order valence-corrected chi connectivity index (χ0v) is 24.0. The third kappa shape index (κ3) is 3.94. The second-order valence-corrected chi connectivity index (χ2v) is 12.8. The third-order valence-electron chi connectivity index (χ3n) is 8.24. The molecule has 0 aliphatic heterocycles. The average molecular weight is 564 g/mol. The van der Waals surface area contributed by atoms with E-state index in [1.54, 1.807) is 11.3 Å². The van der Waals surface area contributed by atoms with Crippen LogP contribution in [0, 0.1) is 0 Å². The van der Waals surface area contributed by atoms with Gasteiger partial charge in [-0.15, -0.1) is 22.7 Å². The van der Waals surface area contributed by atoms with Crippen molar-refractivity contribution < 1.29 is 4.79 Å². The molecule has 1 unspecified atom stereocenters. The Morgan fingerprint density at radius 1 is 0.634 bits per heavy atom. The Bertz CT molecular complexity index is 2160. The van der Waals surface area contributed by atoms with Crippen LogP contribution in [0.4, 0.5) is 0 Å². The van der Waals surface area contributed by atoms with Gasteiger partial charge in [0.2, 0.25) is 0 Å². The van der Waals surface area contributed by atoms with Crippen LogP contribution in [0.1, 0.15) is 43.4 Å². The molecule has 0 saturated carbocycles. The number of hydrogen-bond acceptors (Lipinski definition) is 3. The number of carbonyl (C=O) groups excluding carboxylic acids is 1. The van der Waals surface area contributed by atoms with Crippen molar-refractivity contribution in [1.82, 2.24) is 4.57 Å². The van der Waals surface area contributed by atoms with Gasteiger partial charge in [-0.2, -0.15) is 0 Å². The first-order chi connectivity index (χ1) is 20.2. The quantitative estimate of drug-likeness (QED) is 0.191. The Labute approximate surface area is 246 Å². The zero-order valence-electron chi connectivity index (χ0n) is 22.4. The minimum atomic E-state index is 0.384. The highest BCUT2D eigenvalue weighted by atomic mass is 32.1. The summed E-state index contributed by atoms with van der Waals surface area (Å²) in [5.41, 5.74) is 10.4. The van der Waals surface area contributed by atoms with Crippen LogP contribution < -0.4 is 0 Å². The number of benzene rings is 4. The molecule has 0 bridgehead atoms. The van der Waals surface area contributed by atoms with E-state index in [1.165, 1.54) is 76.4 Å². The molecule has 1 aliphatic rings. The Kier molecular flexibility index (Phi) is 5.66.